The summed E-state index contributed by atoms with van der Waals surface area (Å²) in [5.41, 5.74) is 2.19. The predicted octanol–water partition coefficient (Wildman–Crippen LogP) is 3.08. The van der Waals surface area contributed by atoms with Crippen LogP contribution in [0.3, 0.4) is 0 Å². The highest BCUT2D eigenvalue weighted by molar-refractivity contribution is 7.71. The number of aromatic nitrogens is 3. The van der Waals surface area contributed by atoms with Crippen molar-refractivity contribution in [2.45, 2.75) is 0 Å². The molecule has 2 aromatic heterocycles. The van der Waals surface area contributed by atoms with Crippen LogP contribution in [0, 0.1) is 4.77 Å². The monoisotopic (exact) mass is 278 g/mol. The van der Waals surface area contributed by atoms with Crippen molar-refractivity contribution < 1.29 is 5.11 Å². The lowest BCUT2D eigenvalue weighted by Crippen LogP contribution is -1.83. The van der Waals surface area contributed by atoms with E-state index in [1.54, 1.807) is 18.4 Å². The summed E-state index contributed by atoms with van der Waals surface area (Å²) in [5.74, 6) is 0.568. The zero-order valence-electron chi connectivity index (χ0n) is 8.94. The van der Waals surface area contributed by atoms with E-state index in [2.05, 4.69) is 19.9 Å². The van der Waals surface area contributed by atoms with Crippen LogP contribution in [0.5, 0.6) is 5.88 Å². The summed E-state index contributed by atoms with van der Waals surface area (Å²) in [5, 5.41) is 10.0. The molecule has 0 saturated carbocycles. The minimum Gasteiger partial charge on any atom is -0.493 e. The number of allylic oxidation sites excluding steroid dienone is 1. The molecule has 0 aromatic carbocycles. The Morgan fingerprint density at radius 3 is 2.89 bits per heavy atom. The molecule has 1 aliphatic rings. The van der Waals surface area contributed by atoms with E-state index in [1.807, 2.05) is 6.07 Å². The van der Waals surface area contributed by atoms with Crippen molar-refractivity contribution in [3.63, 3.8) is 0 Å². The average Bonchev–Trinajstić information content (AvgIpc) is 2.84. The Morgan fingerprint density at radius 1 is 1.33 bits per heavy atom. The number of rotatable bonds is 1. The first-order valence-electron chi connectivity index (χ1n) is 5.07. The molecule has 0 saturated heterocycles. The molecule has 3 rings (SSSR count). The van der Waals surface area contributed by atoms with Gasteiger partial charge in [-0.1, -0.05) is 11.6 Å². The van der Waals surface area contributed by atoms with Crippen molar-refractivity contribution >= 4 is 47.5 Å². The first kappa shape index (κ1) is 11.2. The highest BCUT2D eigenvalue weighted by atomic mass is 35.5. The number of fused-ring (bicyclic) bond motifs is 1. The Morgan fingerprint density at radius 2 is 2.17 bits per heavy atom. The average molecular weight is 279 g/mol. The Bertz CT molecular complexity index is 744. The lowest BCUT2D eigenvalue weighted by atomic mass is 10.1. The maximum atomic E-state index is 9.60. The molecule has 0 aliphatic carbocycles. The molecular weight excluding hydrogens is 272 g/mol. The van der Waals surface area contributed by atoms with Gasteiger partial charge in [0.05, 0.1) is 0 Å². The van der Waals surface area contributed by atoms with E-state index < -0.39 is 0 Å². The fourth-order valence-corrected chi connectivity index (χ4v) is 2.06. The Kier molecular flexibility index (Phi) is 2.53. The summed E-state index contributed by atoms with van der Waals surface area (Å²) in [6.45, 7) is 0. The van der Waals surface area contributed by atoms with Crippen LogP contribution in [0.25, 0.3) is 11.6 Å². The topological polar surface area (TPSA) is 77.1 Å². The van der Waals surface area contributed by atoms with Crippen molar-refractivity contribution in [1.82, 2.24) is 15.0 Å². The maximum Gasteiger partial charge on any atom is 0.215 e. The van der Waals surface area contributed by atoms with Crippen molar-refractivity contribution in [2.24, 2.45) is 4.99 Å². The first-order valence-corrected chi connectivity index (χ1v) is 5.86. The summed E-state index contributed by atoms with van der Waals surface area (Å²) in [7, 11) is 0. The number of aromatic amines is 2. The van der Waals surface area contributed by atoms with Gasteiger partial charge in [-0.15, -0.1) is 0 Å². The molecule has 0 unspecified atom stereocenters. The fourth-order valence-electron chi connectivity index (χ4n) is 1.71. The lowest BCUT2D eigenvalue weighted by Gasteiger charge is -1.98. The van der Waals surface area contributed by atoms with Gasteiger partial charge in [0.2, 0.25) is 5.88 Å². The smallest absolute Gasteiger partial charge is 0.215 e. The third kappa shape index (κ3) is 1.85. The minimum atomic E-state index is -0.00345. The van der Waals surface area contributed by atoms with Crippen molar-refractivity contribution in [1.29, 1.82) is 0 Å². The SMILES string of the molecule is Oc1[nH]c(=S)[nH]c1C=C1C=Nc2nc(Cl)ccc21. The number of hydrogen-bond donors (Lipinski definition) is 3. The summed E-state index contributed by atoms with van der Waals surface area (Å²) < 4.78 is 0.365. The van der Waals surface area contributed by atoms with Gasteiger partial charge in [-0.2, -0.15) is 0 Å². The van der Waals surface area contributed by atoms with E-state index in [1.165, 1.54) is 0 Å². The van der Waals surface area contributed by atoms with Crippen LogP contribution in [-0.4, -0.2) is 26.3 Å². The molecule has 18 heavy (non-hydrogen) atoms. The Hall–Kier alpha value is -1.92. The second-order valence-corrected chi connectivity index (χ2v) is 4.50. The van der Waals surface area contributed by atoms with Crippen LogP contribution in [0.15, 0.2) is 17.1 Å². The van der Waals surface area contributed by atoms with E-state index in [4.69, 9.17) is 23.8 Å². The molecule has 3 heterocycles. The third-order valence-electron chi connectivity index (χ3n) is 2.51. The summed E-state index contributed by atoms with van der Waals surface area (Å²) in [4.78, 5) is 13.7. The van der Waals surface area contributed by atoms with Gasteiger partial charge in [0.15, 0.2) is 10.6 Å². The molecule has 2 aromatic rings. The largest absolute Gasteiger partial charge is 0.493 e. The molecule has 0 amide bonds. The molecule has 0 bridgehead atoms. The molecule has 90 valence electrons. The highest BCUT2D eigenvalue weighted by Gasteiger charge is 2.14. The van der Waals surface area contributed by atoms with E-state index in [0.717, 1.165) is 11.1 Å². The zero-order valence-corrected chi connectivity index (χ0v) is 10.5. The van der Waals surface area contributed by atoms with Gasteiger partial charge in [0.1, 0.15) is 10.8 Å². The van der Waals surface area contributed by atoms with Gasteiger partial charge in [-0.05, 0) is 30.4 Å². The molecule has 0 radical (unpaired) electrons. The van der Waals surface area contributed by atoms with Crippen molar-refractivity contribution in [3.05, 3.63) is 33.3 Å². The molecular formula is C11H7ClN4OS. The number of H-pyrrole nitrogens is 2. The number of halogens is 1. The summed E-state index contributed by atoms with van der Waals surface area (Å²) in [6.07, 6.45) is 3.41. The molecule has 0 atom stereocenters. The predicted molar refractivity (Wildman–Crippen MR) is 72.9 cm³/mol. The third-order valence-corrected chi connectivity index (χ3v) is 2.93. The first-order chi connectivity index (χ1) is 8.63. The molecule has 3 N–H and O–H groups in total. The second-order valence-electron chi connectivity index (χ2n) is 3.70. The molecule has 0 spiro atoms. The van der Waals surface area contributed by atoms with E-state index in [-0.39, 0.29) is 5.88 Å². The molecule has 5 nitrogen and oxygen atoms in total. The lowest BCUT2D eigenvalue weighted by molar-refractivity contribution is 0.455. The number of pyridine rings is 1. The van der Waals surface area contributed by atoms with Crippen molar-refractivity contribution in [2.75, 3.05) is 0 Å². The molecule has 7 heteroatoms. The quantitative estimate of drug-likeness (QED) is 0.554. The van der Waals surface area contributed by atoms with Gasteiger partial charge in [0.25, 0.3) is 0 Å². The van der Waals surface area contributed by atoms with Crippen LogP contribution in [0.2, 0.25) is 5.15 Å². The molecule has 1 aliphatic heterocycles. The second kappa shape index (κ2) is 4.08. The number of aliphatic imine (C=N–C) groups is 1. The van der Waals surface area contributed by atoms with Gasteiger partial charge in [0, 0.05) is 17.4 Å². The molecule has 0 fully saturated rings. The minimum absolute atomic E-state index is 0.00345. The van der Waals surface area contributed by atoms with Gasteiger partial charge in [-0.3, -0.25) is 0 Å². The van der Waals surface area contributed by atoms with Crippen molar-refractivity contribution in [3.8, 4) is 5.88 Å². The normalized spacial score (nSPS) is 15.3. The van der Waals surface area contributed by atoms with E-state index in [0.29, 0.717) is 21.4 Å². The standard InChI is InChI=1S/C11H7ClN4OS/c12-8-2-1-6-5(4-13-9(6)15-8)3-7-10(17)16-11(18)14-7/h1-4,17H,(H2,14,16,18). The van der Waals surface area contributed by atoms with E-state index >= 15 is 0 Å². The Balaban J connectivity index is 2.09. The number of imidazole rings is 1. The maximum absolute atomic E-state index is 9.60. The number of nitrogens with zero attached hydrogens (tertiary/aromatic N) is 2. The van der Waals surface area contributed by atoms with Crippen LogP contribution >= 0.6 is 23.8 Å². The van der Waals surface area contributed by atoms with Crippen LogP contribution in [0.4, 0.5) is 5.82 Å². The summed E-state index contributed by atoms with van der Waals surface area (Å²) in [6, 6.07) is 3.53. The highest BCUT2D eigenvalue weighted by Crippen LogP contribution is 2.32. The van der Waals surface area contributed by atoms with Crippen LogP contribution < -0.4 is 0 Å². The number of hydrogen-bond acceptors (Lipinski definition) is 4. The van der Waals surface area contributed by atoms with Crippen LogP contribution in [-0.2, 0) is 0 Å². The Labute approximate surface area is 112 Å². The van der Waals surface area contributed by atoms with Gasteiger partial charge < -0.3 is 15.1 Å². The van der Waals surface area contributed by atoms with E-state index in [9.17, 15) is 5.11 Å². The van der Waals surface area contributed by atoms with Gasteiger partial charge in [-0.25, -0.2) is 9.98 Å². The fraction of sp³-hybridized carbons (Fsp3) is 0. The van der Waals surface area contributed by atoms with Crippen LogP contribution in [0.1, 0.15) is 11.3 Å². The summed E-state index contributed by atoms with van der Waals surface area (Å²) >= 11 is 10.7. The number of aromatic hydroxyl groups is 1. The zero-order chi connectivity index (χ0) is 12.7. The number of nitrogens with one attached hydrogen (secondary N) is 2. The van der Waals surface area contributed by atoms with Gasteiger partial charge >= 0.3 is 0 Å².